The van der Waals surface area contributed by atoms with E-state index in [-0.39, 0.29) is 21.8 Å². The number of carbonyl (C=O) groups is 1. The summed E-state index contributed by atoms with van der Waals surface area (Å²) in [4.78, 5) is 12.8. The van der Waals surface area contributed by atoms with Crippen LogP contribution in [0.25, 0.3) is 11.5 Å². The second-order valence-corrected chi connectivity index (χ2v) is 11.2. The second kappa shape index (κ2) is 9.74. The molecule has 10 heteroatoms. The van der Waals surface area contributed by atoms with E-state index >= 15 is 0 Å². The van der Waals surface area contributed by atoms with Crippen LogP contribution in [0.3, 0.4) is 0 Å². The van der Waals surface area contributed by atoms with Gasteiger partial charge in [-0.1, -0.05) is 48.0 Å². The maximum atomic E-state index is 13.0. The molecule has 0 N–H and O–H groups in total. The number of hydrogen-bond donors (Lipinski definition) is 0. The number of Topliss-reactive ketones (excluding diaryl/α,β-unsaturated/α-hetero) is 1. The predicted molar refractivity (Wildman–Crippen MR) is 123 cm³/mol. The van der Waals surface area contributed by atoms with E-state index in [9.17, 15) is 13.2 Å². The van der Waals surface area contributed by atoms with E-state index in [1.54, 1.807) is 55.5 Å². The Labute approximate surface area is 196 Å². The Morgan fingerprint density at radius 2 is 1.84 bits per heavy atom. The molecule has 3 aromatic rings. The normalized spacial score (nSPS) is 16.1. The van der Waals surface area contributed by atoms with Crippen LogP contribution in [0.2, 0.25) is 5.02 Å². The topological polar surface area (TPSA) is 93.4 Å². The average Bonchev–Trinajstić information content (AvgIpc) is 3.27. The molecular weight excluding hydrogens is 470 g/mol. The van der Waals surface area contributed by atoms with Crippen molar-refractivity contribution in [3.8, 4) is 11.5 Å². The Balaban J connectivity index is 1.50. The van der Waals surface area contributed by atoms with E-state index in [0.29, 0.717) is 29.2 Å². The molecule has 0 unspecified atom stereocenters. The van der Waals surface area contributed by atoms with Crippen molar-refractivity contribution in [2.75, 3.05) is 13.1 Å². The van der Waals surface area contributed by atoms with E-state index in [2.05, 4.69) is 10.2 Å². The molecule has 4 rings (SSSR count). The number of aromatic nitrogens is 2. The summed E-state index contributed by atoms with van der Waals surface area (Å²) in [6.07, 6.45) is 2.79. The van der Waals surface area contributed by atoms with Gasteiger partial charge in [-0.05, 0) is 50.1 Å². The molecule has 0 amide bonds. The molecule has 168 valence electrons. The van der Waals surface area contributed by atoms with Crippen molar-refractivity contribution in [3.05, 3.63) is 59.1 Å². The summed E-state index contributed by atoms with van der Waals surface area (Å²) in [6.45, 7) is 2.82. The van der Waals surface area contributed by atoms with Crippen LogP contribution in [0.4, 0.5) is 0 Å². The van der Waals surface area contributed by atoms with Gasteiger partial charge in [0.05, 0.1) is 10.1 Å². The first kappa shape index (κ1) is 23.0. The van der Waals surface area contributed by atoms with Crippen LogP contribution in [-0.2, 0) is 10.0 Å². The summed E-state index contributed by atoms with van der Waals surface area (Å²) in [5.41, 5.74) is 1.02. The molecule has 1 atom stereocenters. The van der Waals surface area contributed by atoms with Crippen LogP contribution in [0.1, 0.15) is 36.5 Å². The lowest BCUT2D eigenvalue weighted by Gasteiger charge is -2.25. The van der Waals surface area contributed by atoms with Crippen LogP contribution in [0.15, 0.2) is 63.1 Å². The quantitative estimate of drug-likeness (QED) is 0.341. The zero-order valence-corrected chi connectivity index (χ0v) is 19.8. The van der Waals surface area contributed by atoms with Gasteiger partial charge in [-0.3, -0.25) is 4.79 Å². The number of nitrogens with zero attached hydrogens (tertiary/aromatic N) is 3. The number of benzene rings is 2. The number of carbonyl (C=O) groups excluding carboxylic acids is 1. The summed E-state index contributed by atoms with van der Waals surface area (Å²) >= 11 is 7.11. The van der Waals surface area contributed by atoms with Crippen LogP contribution in [-0.4, -0.2) is 47.0 Å². The van der Waals surface area contributed by atoms with Crippen molar-refractivity contribution in [2.45, 2.75) is 41.6 Å². The van der Waals surface area contributed by atoms with Gasteiger partial charge >= 0.3 is 0 Å². The van der Waals surface area contributed by atoms with E-state index < -0.39 is 15.3 Å². The number of hydrogen-bond acceptors (Lipinski definition) is 7. The summed E-state index contributed by atoms with van der Waals surface area (Å²) < 4.78 is 33.2. The highest BCUT2D eigenvalue weighted by Gasteiger charge is 2.27. The molecule has 32 heavy (non-hydrogen) atoms. The molecule has 0 aliphatic carbocycles. The van der Waals surface area contributed by atoms with Crippen molar-refractivity contribution in [1.82, 2.24) is 14.5 Å². The molecule has 2 heterocycles. The lowest BCUT2D eigenvalue weighted by molar-refractivity contribution is 0.0993. The van der Waals surface area contributed by atoms with Gasteiger partial charge in [0.25, 0.3) is 5.22 Å². The van der Waals surface area contributed by atoms with Crippen molar-refractivity contribution in [1.29, 1.82) is 0 Å². The first-order valence-corrected chi connectivity index (χ1v) is 12.9. The average molecular weight is 492 g/mol. The number of ketones is 1. The maximum Gasteiger partial charge on any atom is 0.277 e. The molecule has 0 bridgehead atoms. The van der Waals surface area contributed by atoms with Gasteiger partial charge in [0, 0.05) is 29.2 Å². The lowest BCUT2D eigenvalue weighted by Crippen LogP contribution is -2.35. The highest BCUT2D eigenvalue weighted by atomic mass is 35.5. The third-order valence-electron chi connectivity index (χ3n) is 5.20. The van der Waals surface area contributed by atoms with Gasteiger partial charge in [0.15, 0.2) is 5.78 Å². The number of piperidine rings is 1. The number of rotatable bonds is 7. The molecule has 1 fully saturated rings. The van der Waals surface area contributed by atoms with Crippen LogP contribution in [0.5, 0.6) is 0 Å². The fraction of sp³-hybridized carbons (Fsp3) is 0.318. The third-order valence-corrected chi connectivity index (χ3v) is 8.26. The second-order valence-electron chi connectivity index (χ2n) is 7.50. The third kappa shape index (κ3) is 5.06. The Kier molecular flexibility index (Phi) is 6.99. The van der Waals surface area contributed by atoms with Crippen molar-refractivity contribution >= 4 is 39.2 Å². The monoisotopic (exact) mass is 491 g/mol. The summed E-state index contributed by atoms with van der Waals surface area (Å²) in [5, 5.41) is 8.32. The molecule has 1 aliphatic rings. The molecule has 0 saturated carbocycles. The number of halogens is 1. The molecule has 1 saturated heterocycles. The van der Waals surface area contributed by atoms with Crippen molar-refractivity contribution in [3.63, 3.8) is 0 Å². The zero-order chi connectivity index (χ0) is 22.7. The summed E-state index contributed by atoms with van der Waals surface area (Å²) in [6, 6.07) is 13.3. The van der Waals surface area contributed by atoms with Gasteiger partial charge in [-0.15, -0.1) is 10.2 Å². The van der Waals surface area contributed by atoms with E-state index in [0.717, 1.165) is 31.0 Å². The Bertz CT molecular complexity index is 1220. The van der Waals surface area contributed by atoms with E-state index in [4.69, 9.17) is 16.0 Å². The van der Waals surface area contributed by atoms with Crippen molar-refractivity contribution in [2.24, 2.45) is 0 Å². The lowest BCUT2D eigenvalue weighted by atomic mass is 10.1. The highest BCUT2D eigenvalue weighted by Crippen LogP contribution is 2.30. The van der Waals surface area contributed by atoms with Crippen molar-refractivity contribution < 1.29 is 17.6 Å². The minimum absolute atomic E-state index is 0.105. The SMILES string of the molecule is C[C@H](Sc1nnc(-c2cccc(S(=O)(=O)N3CCCCC3)c2)o1)C(=O)c1cccc(Cl)c1. The molecule has 1 aliphatic heterocycles. The Hall–Kier alpha value is -2.20. The van der Waals surface area contributed by atoms with Crippen LogP contribution in [0, 0.1) is 0 Å². The van der Waals surface area contributed by atoms with Gasteiger partial charge in [0.2, 0.25) is 15.9 Å². The Morgan fingerprint density at radius 1 is 1.09 bits per heavy atom. The minimum Gasteiger partial charge on any atom is -0.411 e. The van der Waals surface area contributed by atoms with Gasteiger partial charge in [-0.2, -0.15) is 4.31 Å². The van der Waals surface area contributed by atoms with Gasteiger partial charge < -0.3 is 4.42 Å². The smallest absolute Gasteiger partial charge is 0.277 e. The van der Waals surface area contributed by atoms with E-state index in [1.165, 1.54) is 4.31 Å². The van der Waals surface area contributed by atoms with Gasteiger partial charge in [-0.25, -0.2) is 8.42 Å². The zero-order valence-electron chi connectivity index (χ0n) is 17.4. The number of thioether (sulfide) groups is 1. The van der Waals surface area contributed by atoms with Gasteiger partial charge in [0.1, 0.15) is 0 Å². The minimum atomic E-state index is -3.57. The van der Waals surface area contributed by atoms with Crippen LogP contribution < -0.4 is 0 Å². The molecule has 2 aromatic carbocycles. The molecule has 0 spiro atoms. The highest BCUT2D eigenvalue weighted by molar-refractivity contribution is 8.00. The summed E-state index contributed by atoms with van der Waals surface area (Å²) in [7, 11) is -3.57. The largest absolute Gasteiger partial charge is 0.411 e. The standard InChI is InChI=1S/C22H22ClN3O4S2/c1-15(20(27)16-7-5-9-18(23)13-16)31-22-25-24-21(30-22)17-8-6-10-19(14-17)32(28,29)26-11-3-2-4-12-26/h5-10,13-15H,2-4,11-12H2,1H3/t15-/m0/s1. The maximum absolute atomic E-state index is 13.0. The first-order valence-electron chi connectivity index (χ1n) is 10.2. The summed E-state index contributed by atoms with van der Waals surface area (Å²) in [5.74, 6) is 0.0949. The van der Waals surface area contributed by atoms with Crippen LogP contribution >= 0.6 is 23.4 Å². The molecule has 7 nitrogen and oxygen atoms in total. The Morgan fingerprint density at radius 3 is 2.59 bits per heavy atom. The fourth-order valence-electron chi connectivity index (χ4n) is 3.50. The first-order chi connectivity index (χ1) is 15.3. The van der Waals surface area contributed by atoms with E-state index in [1.807, 2.05) is 0 Å². The predicted octanol–water partition coefficient (Wildman–Crippen LogP) is 4.93. The molecule has 0 radical (unpaired) electrons. The number of sulfonamides is 1. The fourth-order valence-corrected chi connectivity index (χ4v) is 6.01. The molecular formula is C22H22ClN3O4S2. The molecule has 1 aromatic heterocycles.